The van der Waals surface area contributed by atoms with Crippen molar-refractivity contribution < 1.29 is 24.0 Å². The number of ether oxygens (including phenoxy) is 1. The quantitative estimate of drug-likeness (QED) is 0.145. The van der Waals surface area contributed by atoms with Gasteiger partial charge in [0, 0.05) is 29.3 Å². The zero-order valence-corrected chi connectivity index (χ0v) is 24.6. The zero-order chi connectivity index (χ0) is 30.1. The van der Waals surface area contributed by atoms with Crippen molar-refractivity contribution in [1.29, 1.82) is 5.26 Å². The lowest BCUT2D eigenvalue weighted by Crippen LogP contribution is -2.39. The average molecular weight is 563 g/mol. The molecule has 0 saturated heterocycles. The minimum absolute atomic E-state index is 0.0766. The Labute approximate surface area is 247 Å². The van der Waals surface area contributed by atoms with Crippen molar-refractivity contribution >= 4 is 29.5 Å². The molecule has 3 aromatic carbocycles. The molecule has 0 aromatic heterocycles. The fourth-order valence-corrected chi connectivity index (χ4v) is 6.82. The van der Waals surface area contributed by atoms with Crippen LogP contribution in [0.25, 0.3) is 0 Å². The van der Waals surface area contributed by atoms with Crippen LogP contribution in [0.15, 0.2) is 84.1 Å². The summed E-state index contributed by atoms with van der Waals surface area (Å²) in [6, 6.07) is 27.1. The van der Waals surface area contributed by atoms with Crippen LogP contribution >= 0.6 is 0 Å². The number of rotatable bonds is 10. The Balaban J connectivity index is 1.84. The van der Waals surface area contributed by atoms with Crippen LogP contribution in [-0.2, 0) is 31.6 Å². The van der Waals surface area contributed by atoms with Gasteiger partial charge in [-0.15, -0.1) is 0 Å². The minimum Gasteiger partial charge on any atom is -0.481 e. The zero-order valence-electron chi connectivity index (χ0n) is 24.6. The molecule has 3 aromatic rings. The lowest BCUT2D eigenvalue weighted by atomic mass is 9.72. The van der Waals surface area contributed by atoms with E-state index in [0.717, 1.165) is 45.0 Å². The maximum absolute atomic E-state index is 11.9. The number of hydrogen-bond donors (Lipinski definition) is 1. The van der Waals surface area contributed by atoms with Crippen molar-refractivity contribution in [2.45, 2.75) is 51.4 Å². The van der Waals surface area contributed by atoms with Crippen molar-refractivity contribution in [3.05, 3.63) is 106 Å². The fourth-order valence-electron chi connectivity index (χ4n) is 6.82. The van der Waals surface area contributed by atoms with E-state index >= 15 is 0 Å². The first kappa shape index (κ1) is 28.8. The Morgan fingerprint density at radius 2 is 1.76 bits per heavy atom. The number of carboxylic acids is 1. The predicted molar refractivity (Wildman–Crippen MR) is 162 cm³/mol. The molecule has 0 fully saturated rings. The van der Waals surface area contributed by atoms with E-state index < -0.39 is 16.8 Å². The lowest BCUT2D eigenvalue weighted by Gasteiger charge is -2.32. The highest BCUT2D eigenvalue weighted by Crippen LogP contribution is 2.53. The smallest absolute Gasteiger partial charge is 0.305 e. The molecular weight excluding hydrogens is 526 g/mol. The van der Waals surface area contributed by atoms with E-state index in [4.69, 9.17) is 4.74 Å². The Kier molecular flexibility index (Phi) is 7.74. The van der Waals surface area contributed by atoms with Gasteiger partial charge in [-0.1, -0.05) is 66.2 Å². The monoisotopic (exact) mass is 562 g/mol. The number of benzene rings is 3. The van der Waals surface area contributed by atoms with Crippen LogP contribution in [-0.4, -0.2) is 47.5 Å². The highest BCUT2D eigenvalue weighted by molar-refractivity contribution is 6.11. The molecule has 214 valence electrons. The predicted octanol–water partition coefficient (Wildman–Crippen LogP) is 5.82. The third kappa shape index (κ3) is 4.87. The van der Waals surface area contributed by atoms with Gasteiger partial charge in [0.1, 0.15) is 18.2 Å². The van der Waals surface area contributed by atoms with Crippen LogP contribution in [0.4, 0.5) is 11.4 Å². The molecule has 2 heterocycles. The average Bonchev–Trinajstić information content (AvgIpc) is 3.33. The summed E-state index contributed by atoms with van der Waals surface area (Å²) in [4.78, 5) is 25.0. The number of fused-ring (bicyclic) bond motifs is 2. The molecule has 7 nitrogen and oxygen atoms in total. The van der Waals surface area contributed by atoms with E-state index in [1.165, 1.54) is 0 Å². The summed E-state index contributed by atoms with van der Waals surface area (Å²) in [6.45, 7) is 9.66. The molecule has 1 unspecified atom stereocenters. The number of allylic oxidation sites excluding steroid dienone is 2. The third-order valence-electron chi connectivity index (χ3n) is 8.60. The summed E-state index contributed by atoms with van der Waals surface area (Å²) in [7, 11) is 0. The van der Waals surface area contributed by atoms with Crippen molar-refractivity contribution in [2.24, 2.45) is 0 Å². The molecule has 5 rings (SSSR count). The van der Waals surface area contributed by atoms with Crippen molar-refractivity contribution in [3.63, 3.8) is 0 Å². The number of nitrogens with zero attached hydrogens (tertiary/aromatic N) is 3. The molecule has 0 bridgehead atoms. The topological polar surface area (TPSA) is 93.6 Å². The highest BCUT2D eigenvalue weighted by Gasteiger charge is 2.53. The van der Waals surface area contributed by atoms with E-state index in [0.29, 0.717) is 25.0 Å². The Morgan fingerprint density at radius 1 is 1.05 bits per heavy atom. The molecule has 0 saturated carbocycles. The molecule has 7 heteroatoms. The SMILES string of the molecule is Cc1ccc2c(c1)C(C)(Cc1ccccc1)C(=C(C#N)C1=[N+](CCOC=O)c3ccccc3C1(C)C)N2CCC(=O)O. The molecule has 42 heavy (non-hydrogen) atoms. The second-order valence-corrected chi connectivity index (χ2v) is 11.8. The third-order valence-corrected chi connectivity index (χ3v) is 8.60. The van der Waals surface area contributed by atoms with Gasteiger partial charge in [0.25, 0.3) is 6.47 Å². The number of aliphatic carboxylic acids is 1. The highest BCUT2D eigenvalue weighted by atomic mass is 16.5. The second-order valence-electron chi connectivity index (χ2n) is 11.8. The first-order valence-electron chi connectivity index (χ1n) is 14.2. The fraction of sp³-hybridized carbons (Fsp3) is 0.314. The number of aryl methyl sites for hydroxylation is 1. The van der Waals surface area contributed by atoms with Gasteiger partial charge in [-0.2, -0.15) is 9.84 Å². The van der Waals surface area contributed by atoms with E-state index in [1.807, 2.05) is 48.5 Å². The summed E-state index contributed by atoms with van der Waals surface area (Å²) in [6.07, 6.45) is 0.552. The van der Waals surface area contributed by atoms with Crippen LogP contribution in [0.3, 0.4) is 0 Å². The van der Waals surface area contributed by atoms with Gasteiger partial charge in [0.15, 0.2) is 6.54 Å². The summed E-state index contributed by atoms with van der Waals surface area (Å²) in [5.41, 5.74) is 7.21. The molecule has 0 amide bonds. The van der Waals surface area contributed by atoms with E-state index in [9.17, 15) is 20.0 Å². The number of carbonyl (C=O) groups is 2. The molecule has 1 atom stereocenters. The van der Waals surface area contributed by atoms with Gasteiger partial charge in [-0.25, -0.2) is 0 Å². The number of hydrogen-bond acceptors (Lipinski definition) is 5. The molecule has 1 N–H and O–H groups in total. The normalized spacial score (nSPS) is 19.6. The van der Waals surface area contributed by atoms with Crippen LogP contribution in [0, 0.1) is 18.3 Å². The Bertz CT molecular complexity index is 1650. The standard InChI is InChI=1S/C35H35N3O4/c1-24-14-15-30-28(20-24)35(4,21-25-10-6-5-7-11-25)33(37(30)17-16-31(40)41)26(22-36)32-34(2,3)27-12-8-9-13-29(27)38(32)18-19-42-23-39/h5-15,20,23H,16-19,21H2,1-4H3/p+1. The first-order valence-corrected chi connectivity index (χ1v) is 14.2. The molecule has 0 aliphatic carbocycles. The molecular formula is C35H36N3O4+. The van der Waals surface area contributed by atoms with Gasteiger partial charge >= 0.3 is 5.97 Å². The molecule has 2 aliphatic rings. The van der Waals surface area contributed by atoms with Crippen molar-refractivity contribution in [2.75, 3.05) is 24.6 Å². The summed E-state index contributed by atoms with van der Waals surface area (Å²) in [5, 5.41) is 20.8. The number of nitriles is 1. The second kappa shape index (κ2) is 11.3. The van der Waals surface area contributed by atoms with Gasteiger partial charge in [-0.3, -0.25) is 9.59 Å². The van der Waals surface area contributed by atoms with Gasteiger partial charge in [0.2, 0.25) is 11.4 Å². The van der Waals surface area contributed by atoms with Gasteiger partial charge in [0.05, 0.1) is 17.5 Å². The molecule has 0 radical (unpaired) electrons. The van der Waals surface area contributed by atoms with Crippen molar-refractivity contribution in [3.8, 4) is 6.07 Å². The Morgan fingerprint density at radius 3 is 2.45 bits per heavy atom. The number of para-hydroxylation sites is 1. The lowest BCUT2D eigenvalue weighted by molar-refractivity contribution is -0.441. The van der Waals surface area contributed by atoms with E-state index in [1.54, 1.807) is 0 Å². The maximum atomic E-state index is 11.9. The van der Waals surface area contributed by atoms with E-state index in [-0.39, 0.29) is 19.6 Å². The van der Waals surface area contributed by atoms with Crippen LogP contribution in [0.2, 0.25) is 0 Å². The number of anilines is 1. The summed E-state index contributed by atoms with van der Waals surface area (Å²) in [5.74, 6) is -0.896. The summed E-state index contributed by atoms with van der Waals surface area (Å²) < 4.78 is 7.22. The number of carboxylic acid groups (broad SMARTS) is 1. The van der Waals surface area contributed by atoms with Crippen LogP contribution in [0.1, 0.15) is 49.4 Å². The van der Waals surface area contributed by atoms with Crippen LogP contribution < -0.4 is 4.90 Å². The minimum atomic E-state index is -0.896. The van der Waals surface area contributed by atoms with Crippen molar-refractivity contribution in [1.82, 2.24) is 0 Å². The molecule has 2 aliphatic heterocycles. The first-order chi connectivity index (χ1) is 20.1. The van der Waals surface area contributed by atoms with E-state index in [2.05, 4.69) is 67.5 Å². The van der Waals surface area contributed by atoms with Gasteiger partial charge < -0.3 is 14.7 Å². The largest absolute Gasteiger partial charge is 0.481 e. The Hall–Kier alpha value is -4.70. The molecule has 0 spiro atoms. The van der Waals surface area contributed by atoms with Crippen LogP contribution in [0.5, 0.6) is 0 Å². The number of carbonyl (C=O) groups excluding carboxylic acids is 1. The maximum Gasteiger partial charge on any atom is 0.305 e. The summed E-state index contributed by atoms with van der Waals surface area (Å²) >= 11 is 0. The van der Waals surface area contributed by atoms with Gasteiger partial charge in [-0.05, 0) is 51.3 Å².